The predicted octanol–water partition coefficient (Wildman–Crippen LogP) is 6.16. The van der Waals surface area contributed by atoms with Crippen molar-refractivity contribution in [2.75, 3.05) is 86.8 Å². The van der Waals surface area contributed by atoms with Gasteiger partial charge in [0.25, 0.3) is 0 Å². The minimum Gasteiger partial charge on any atom is -0.447 e. The van der Waals surface area contributed by atoms with E-state index in [9.17, 15) is 35.9 Å². The molecule has 2 aromatic rings. The molecule has 0 aromatic heterocycles. The van der Waals surface area contributed by atoms with Crippen molar-refractivity contribution in [2.45, 2.75) is 62.1 Å². The van der Waals surface area contributed by atoms with E-state index in [4.69, 9.17) is 28.4 Å². The quantitative estimate of drug-likeness (QED) is 0.133. The maximum absolute atomic E-state index is 13.6. The highest BCUT2D eigenvalue weighted by atomic mass is 19.4. The van der Waals surface area contributed by atoms with Gasteiger partial charge in [-0.25, -0.2) is 4.79 Å². The molecular formula is C37H49F6N3O8. The van der Waals surface area contributed by atoms with Gasteiger partial charge >= 0.3 is 18.4 Å². The van der Waals surface area contributed by atoms with Crippen LogP contribution in [0.3, 0.4) is 0 Å². The fourth-order valence-electron chi connectivity index (χ4n) is 6.54. The summed E-state index contributed by atoms with van der Waals surface area (Å²) in [5.41, 5.74) is -3.81. The number of nitrogens with one attached hydrogen (secondary N) is 1. The first-order valence-electron chi connectivity index (χ1n) is 17.7. The summed E-state index contributed by atoms with van der Waals surface area (Å²) in [5, 5.41) is 3.54. The summed E-state index contributed by atoms with van der Waals surface area (Å²) in [6, 6.07) is 10.6. The third kappa shape index (κ3) is 11.8. The molecule has 4 rings (SSSR count). The van der Waals surface area contributed by atoms with Gasteiger partial charge in [0.2, 0.25) is 5.91 Å². The minimum absolute atomic E-state index is 0.0000175. The SMILES string of the molecule is COCCOCCOCCOCCOC(=O)N(C)CN1C(=O)CC[C@]12CC[C@@](CO[C@H](C)c1cc(C(F)(F)F)cc(C(F)(F)F)c1)(c1ccccc1)NC2. The lowest BCUT2D eigenvalue weighted by Gasteiger charge is -2.50. The Labute approximate surface area is 311 Å². The van der Waals surface area contributed by atoms with E-state index >= 15 is 0 Å². The zero-order chi connectivity index (χ0) is 39.4. The van der Waals surface area contributed by atoms with E-state index in [-0.39, 0.29) is 50.4 Å². The van der Waals surface area contributed by atoms with Crippen LogP contribution in [0.1, 0.15) is 61.0 Å². The van der Waals surface area contributed by atoms with Gasteiger partial charge in [0.15, 0.2) is 0 Å². The molecule has 54 heavy (non-hydrogen) atoms. The Kier molecular flexibility index (Phi) is 15.5. The predicted molar refractivity (Wildman–Crippen MR) is 183 cm³/mol. The van der Waals surface area contributed by atoms with Crippen molar-refractivity contribution in [2.24, 2.45) is 0 Å². The second-order valence-corrected chi connectivity index (χ2v) is 13.4. The molecule has 2 aliphatic heterocycles. The molecule has 2 amide bonds. The van der Waals surface area contributed by atoms with E-state index < -0.39 is 46.8 Å². The van der Waals surface area contributed by atoms with E-state index in [1.807, 2.05) is 30.3 Å². The fourth-order valence-corrected chi connectivity index (χ4v) is 6.54. The van der Waals surface area contributed by atoms with E-state index in [2.05, 4.69) is 5.32 Å². The number of alkyl halides is 6. The Morgan fingerprint density at radius 1 is 0.852 bits per heavy atom. The number of hydrogen-bond donors (Lipinski definition) is 1. The van der Waals surface area contributed by atoms with Gasteiger partial charge in [-0.2, -0.15) is 26.3 Å². The molecule has 1 N–H and O–H groups in total. The zero-order valence-electron chi connectivity index (χ0n) is 30.7. The molecule has 0 saturated carbocycles. The van der Waals surface area contributed by atoms with Crippen LogP contribution in [0.2, 0.25) is 0 Å². The van der Waals surface area contributed by atoms with Crippen molar-refractivity contribution in [3.05, 3.63) is 70.8 Å². The van der Waals surface area contributed by atoms with Crippen molar-refractivity contribution in [1.82, 2.24) is 15.1 Å². The van der Waals surface area contributed by atoms with Crippen LogP contribution in [0, 0.1) is 0 Å². The molecule has 2 aromatic carbocycles. The average Bonchev–Trinajstić information content (AvgIpc) is 3.44. The Balaban J connectivity index is 1.33. The number of ether oxygens (including phenoxy) is 6. The first-order valence-corrected chi connectivity index (χ1v) is 17.7. The van der Waals surface area contributed by atoms with Crippen molar-refractivity contribution in [3.63, 3.8) is 0 Å². The van der Waals surface area contributed by atoms with Gasteiger partial charge in [-0.15, -0.1) is 0 Å². The molecule has 0 radical (unpaired) electrons. The second-order valence-electron chi connectivity index (χ2n) is 13.4. The average molecular weight is 778 g/mol. The largest absolute Gasteiger partial charge is 0.447 e. The summed E-state index contributed by atoms with van der Waals surface area (Å²) in [6.45, 7) is 4.27. The number of carbonyl (C=O) groups excluding carboxylic acids is 2. The summed E-state index contributed by atoms with van der Waals surface area (Å²) in [5.74, 6) is -0.133. The molecule has 2 heterocycles. The van der Waals surface area contributed by atoms with Gasteiger partial charge in [0.05, 0.1) is 87.8 Å². The highest BCUT2D eigenvalue weighted by Gasteiger charge is 2.51. The van der Waals surface area contributed by atoms with Gasteiger partial charge in [-0.1, -0.05) is 30.3 Å². The molecule has 302 valence electrons. The Bertz CT molecular complexity index is 1460. The van der Waals surface area contributed by atoms with E-state index in [0.29, 0.717) is 77.6 Å². The summed E-state index contributed by atoms with van der Waals surface area (Å²) in [4.78, 5) is 28.9. The smallest absolute Gasteiger partial charge is 0.416 e. The lowest BCUT2D eigenvalue weighted by Crippen LogP contribution is -2.64. The Morgan fingerprint density at radius 3 is 1.96 bits per heavy atom. The molecule has 2 aliphatic rings. The molecule has 2 fully saturated rings. The summed E-state index contributed by atoms with van der Waals surface area (Å²) >= 11 is 0. The normalized spacial score (nSPS) is 21.1. The van der Waals surface area contributed by atoms with Crippen LogP contribution >= 0.6 is 0 Å². The monoisotopic (exact) mass is 777 g/mol. The van der Waals surface area contributed by atoms with Gasteiger partial charge < -0.3 is 38.6 Å². The Morgan fingerprint density at radius 2 is 1.43 bits per heavy atom. The lowest BCUT2D eigenvalue weighted by atomic mass is 9.75. The third-order valence-corrected chi connectivity index (χ3v) is 9.73. The molecule has 0 bridgehead atoms. The van der Waals surface area contributed by atoms with Crippen LogP contribution < -0.4 is 5.32 Å². The van der Waals surface area contributed by atoms with Crippen LogP contribution in [0.4, 0.5) is 31.1 Å². The second kappa shape index (κ2) is 19.4. The van der Waals surface area contributed by atoms with Gasteiger partial charge in [-0.3, -0.25) is 9.69 Å². The van der Waals surface area contributed by atoms with E-state index in [1.165, 1.54) is 18.9 Å². The molecule has 1 spiro atoms. The number of nitrogens with zero attached hydrogens (tertiary/aromatic N) is 2. The third-order valence-electron chi connectivity index (χ3n) is 9.73. The van der Waals surface area contributed by atoms with Crippen molar-refractivity contribution >= 4 is 12.0 Å². The van der Waals surface area contributed by atoms with E-state index in [0.717, 1.165) is 5.56 Å². The van der Waals surface area contributed by atoms with Crippen molar-refractivity contribution in [3.8, 4) is 0 Å². The number of carbonyl (C=O) groups is 2. The highest BCUT2D eigenvalue weighted by molar-refractivity contribution is 5.80. The fraction of sp³-hybridized carbons (Fsp3) is 0.622. The number of halogens is 6. The number of methoxy groups -OCH3 is 1. The van der Waals surface area contributed by atoms with Crippen LogP contribution in [0.25, 0.3) is 0 Å². The van der Waals surface area contributed by atoms with Crippen LogP contribution in [0.15, 0.2) is 48.5 Å². The minimum atomic E-state index is -4.99. The first kappa shape index (κ1) is 43.3. The maximum Gasteiger partial charge on any atom is 0.416 e. The maximum atomic E-state index is 13.6. The molecule has 2 saturated heterocycles. The van der Waals surface area contributed by atoms with Crippen molar-refractivity contribution in [1.29, 1.82) is 0 Å². The van der Waals surface area contributed by atoms with Crippen LogP contribution in [-0.4, -0.2) is 114 Å². The van der Waals surface area contributed by atoms with Crippen LogP contribution in [-0.2, 0) is 51.1 Å². The summed E-state index contributed by atoms with van der Waals surface area (Å²) in [7, 11) is 3.12. The lowest BCUT2D eigenvalue weighted by molar-refractivity contribution is -0.143. The first-order chi connectivity index (χ1) is 25.6. The van der Waals surface area contributed by atoms with E-state index in [1.54, 1.807) is 12.0 Å². The molecule has 0 unspecified atom stereocenters. The molecule has 3 atom stereocenters. The summed E-state index contributed by atoms with van der Waals surface area (Å²) in [6.07, 6.45) is -10.0. The number of hydrogen-bond acceptors (Lipinski definition) is 9. The molecule has 0 aliphatic carbocycles. The number of likely N-dealkylation sites (tertiary alicyclic amines) is 1. The molecular weight excluding hydrogens is 728 g/mol. The summed E-state index contributed by atoms with van der Waals surface area (Å²) < 4.78 is 114. The molecule has 17 heteroatoms. The van der Waals surface area contributed by atoms with Gasteiger partial charge in [0.1, 0.15) is 6.61 Å². The number of piperidine rings is 1. The molecule has 11 nitrogen and oxygen atoms in total. The van der Waals surface area contributed by atoms with Crippen LogP contribution in [0.5, 0.6) is 0 Å². The number of benzene rings is 2. The van der Waals surface area contributed by atoms with Gasteiger partial charge in [-0.05, 0) is 55.5 Å². The number of amides is 2. The standard InChI is InChI=1S/C37H49F6N3O8/c1-27(28-21-30(36(38,39)40)23-31(22-28)37(41,42)43)54-25-35(29-7-5-4-6-8-29)12-11-34(24-44-35)10-9-32(47)46(34)26-45(2)33(48)53-20-19-52-18-17-51-16-15-50-14-13-49-3/h4-8,21-23,27,44H,9-20,24-26H2,1-3H3/t27-,34-,35-/m1/s1. The topological polar surface area (TPSA) is 108 Å². The Hall–Kier alpha value is -3.48. The highest BCUT2D eigenvalue weighted by Crippen LogP contribution is 2.44. The van der Waals surface area contributed by atoms with Gasteiger partial charge in [0, 0.05) is 27.1 Å². The van der Waals surface area contributed by atoms with Crippen molar-refractivity contribution < 1.29 is 64.4 Å². The zero-order valence-corrected chi connectivity index (χ0v) is 30.7. The number of rotatable bonds is 19.